The van der Waals surface area contributed by atoms with Crippen molar-refractivity contribution >= 4 is 11.3 Å². The first kappa shape index (κ1) is 7.30. The van der Waals surface area contributed by atoms with E-state index in [-0.39, 0.29) is 0 Å². The minimum absolute atomic E-state index is 0.550. The van der Waals surface area contributed by atoms with Crippen LogP contribution in [0.1, 0.15) is 0 Å². The van der Waals surface area contributed by atoms with Crippen LogP contribution in [0, 0.1) is 0 Å². The third-order valence-electron chi connectivity index (χ3n) is 1.35. The van der Waals surface area contributed by atoms with Crippen LogP contribution in [-0.2, 0) is 0 Å². The van der Waals surface area contributed by atoms with Crippen molar-refractivity contribution in [3.63, 3.8) is 0 Å². The predicted molar refractivity (Wildman–Crippen MR) is 44.2 cm³/mol. The number of thiazole rings is 1. The van der Waals surface area contributed by atoms with E-state index in [1.54, 1.807) is 18.8 Å². The van der Waals surface area contributed by atoms with Gasteiger partial charge in [-0.15, -0.1) is 11.3 Å². The highest BCUT2D eigenvalue weighted by atomic mass is 32.1. The van der Waals surface area contributed by atoms with Gasteiger partial charge < -0.3 is 9.15 Å². The van der Waals surface area contributed by atoms with Crippen LogP contribution in [0.3, 0.4) is 0 Å². The smallest absolute Gasteiger partial charge is 0.241 e. The Hall–Kier alpha value is -1.36. The molecule has 0 aliphatic heterocycles. The average Bonchev–Trinajstić information content (AvgIpc) is 2.74. The van der Waals surface area contributed by atoms with E-state index in [9.17, 15) is 0 Å². The largest absolute Gasteiger partial charge is 0.480 e. The highest BCUT2D eigenvalue weighted by Crippen LogP contribution is 2.31. The van der Waals surface area contributed by atoms with Crippen molar-refractivity contribution in [3.05, 3.63) is 18.0 Å². The molecule has 4 nitrogen and oxygen atoms in total. The summed E-state index contributed by atoms with van der Waals surface area (Å²) < 4.78 is 10.1. The Morgan fingerprint density at radius 2 is 2.42 bits per heavy atom. The summed E-state index contributed by atoms with van der Waals surface area (Å²) in [6, 6.07) is 0. The Kier molecular flexibility index (Phi) is 1.79. The summed E-state index contributed by atoms with van der Waals surface area (Å²) in [6.45, 7) is 0. The molecule has 2 aromatic rings. The minimum Gasteiger partial charge on any atom is -0.480 e. The van der Waals surface area contributed by atoms with E-state index in [1.165, 1.54) is 17.6 Å². The number of aromatic nitrogens is 2. The van der Waals surface area contributed by atoms with Gasteiger partial charge in [-0.3, -0.25) is 0 Å². The van der Waals surface area contributed by atoms with Crippen molar-refractivity contribution in [1.29, 1.82) is 0 Å². The van der Waals surface area contributed by atoms with Gasteiger partial charge in [-0.2, -0.15) is 0 Å². The molecule has 0 saturated heterocycles. The van der Waals surface area contributed by atoms with Gasteiger partial charge in [0.2, 0.25) is 11.8 Å². The van der Waals surface area contributed by atoms with E-state index >= 15 is 0 Å². The molecule has 0 unspecified atom stereocenters. The fraction of sp³-hybridized carbons (Fsp3) is 0.143. The summed E-state index contributed by atoms with van der Waals surface area (Å²) in [5, 5.41) is 0. The standard InChI is InChI=1S/C7H6N2O2S/c1-10-6-5(12-4-9-6)7-8-2-3-11-7/h2-4H,1H3. The number of nitrogens with zero attached hydrogens (tertiary/aromatic N) is 2. The fourth-order valence-electron chi connectivity index (χ4n) is 0.859. The van der Waals surface area contributed by atoms with Gasteiger partial charge >= 0.3 is 0 Å². The van der Waals surface area contributed by atoms with Crippen LogP contribution in [0.5, 0.6) is 5.88 Å². The Balaban J connectivity index is 2.46. The summed E-state index contributed by atoms with van der Waals surface area (Å²) >= 11 is 1.44. The zero-order valence-electron chi connectivity index (χ0n) is 6.35. The van der Waals surface area contributed by atoms with Crippen molar-refractivity contribution in [3.8, 4) is 16.6 Å². The molecule has 0 aromatic carbocycles. The highest BCUT2D eigenvalue weighted by molar-refractivity contribution is 7.13. The number of oxazole rings is 1. The first-order valence-corrected chi connectivity index (χ1v) is 4.17. The molecule has 2 aromatic heterocycles. The molecule has 0 N–H and O–H groups in total. The molecule has 62 valence electrons. The van der Waals surface area contributed by atoms with Crippen LogP contribution < -0.4 is 4.74 Å². The summed E-state index contributed by atoms with van der Waals surface area (Å²) in [4.78, 5) is 8.80. The van der Waals surface area contributed by atoms with Crippen molar-refractivity contribution in [2.45, 2.75) is 0 Å². The molecule has 0 bridgehead atoms. The summed E-state index contributed by atoms with van der Waals surface area (Å²) in [6.07, 6.45) is 3.11. The van der Waals surface area contributed by atoms with Crippen molar-refractivity contribution in [2.24, 2.45) is 0 Å². The van der Waals surface area contributed by atoms with Crippen molar-refractivity contribution in [2.75, 3.05) is 7.11 Å². The van der Waals surface area contributed by atoms with E-state index in [0.717, 1.165) is 4.88 Å². The van der Waals surface area contributed by atoms with E-state index in [4.69, 9.17) is 9.15 Å². The first-order valence-electron chi connectivity index (χ1n) is 3.29. The lowest BCUT2D eigenvalue weighted by Gasteiger charge is -1.94. The number of hydrogen-bond acceptors (Lipinski definition) is 5. The quantitative estimate of drug-likeness (QED) is 0.710. The lowest BCUT2D eigenvalue weighted by Crippen LogP contribution is -1.84. The summed E-state index contributed by atoms with van der Waals surface area (Å²) in [5.41, 5.74) is 1.69. The molecule has 12 heavy (non-hydrogen) atoms. The van der Waals surface area contributed by atoms with Crippen LogP contribution in [0.2, 0.25) is 0 Å². The molecule has 0 aliphatic carbocycles. The van der Waals surface area contributed by atoms with Crippen LogP contribution in [0.25, 0.3) is 10.8 Å². The summed E-state index contributed by atoms with van der Waals surface area (Å²) in [7, 11) is 1.57. The normalized spacial score (nSPS) is 10.1. The van der Waals surface area contributed by atoms with Crippen molar-refractivity contribution in [1.82, 2.24) is 9.97 Å². The maximum atomic E-state index is 5.10. The second kappa shape index (κ2) is 2.94. The Labute approximate surface area is 72.8 Å². The molecule has 0 spiro atoms. The molecular weight excluding hydrogens is 176 g/mol. The summed E-state index contributed by atoms with van der Waals surface area (Å²) in [5.74, 6) is 1.11. The predicted octanol–water partition coefficient (Wildman–Crippen LogP) is 1.81. The topological polar surface area (TPSA) is 48.2 Å². The first-order chi connectivity index (χ1) is 5.92. The molecule has 5 heteroatoms. The molecular formula is C7H6N2O2S. The van der Waals surface area contributed by atoms with Crippen LogP contribution in [0.4, 0.5) is 0 Å². The van der Waals surface area contributed by atoms with Gasteiger partial charge in [0.1, 0.15) is 6.26 Å². The van der Waals surface area contributed by atoms with Crippen LogP contribution in [-0.4, -0.2) is 17.1 Å². The Morgan fingerprint density at radius 1 is 1.50 bits per heavy atom. The molecule has 0 aliphatic rings. The van der Waals surface area contributed by atoms with E-state index < -0.39 is 0 Å². The molecule has 2 heterocycles. The van der Waals surface area contributed by atoms with Gasteiger partial charge in [0.25, 0.3) is 0 Å². The maximum Gasteiger partial charge on any atom is 0.241 e. The molecule has 0 saturated carbocycles. The lowest BCUT2D eigenvalue weighted by molar-refractivity contribution is 0.400. The Bertz CT molecular complexity index is 355. The highest BCUT2D eigenvalue weighted by Gasteiger charge is 2.12. The Morgan fingerprint density at radius 3 is 3.08 bits per heavy atom. The second-order valence-electron chi connectivity index (χ2n) is 2.03. The SMILES string of the molecule is COc1ncsc1-c1ncco1. The minimum atomic E-state index is 0.550. The van der Waals surface area contributed by atoms with E-state index in [0.29, 0.717) is 11.8 Å². The van der Waals surface area contributed by atoms with Crippen LogP contribution in [0.15, 0.2) is 22.4 Å². The van der Waals surface area contributed by atoms with Gasteiger partial charge in [-0.05, 0) is 0 Å². The molecule has 2 rings (SSSR count). The number of ether oxygens (including phenoxy) is 1. The monoisotopic (exact) mass is 182 g/mol. The zero-order chi connectivity index (χ0) is 8.39. The van der Waals surface area contributed by atoms with Gasteiger partial charge in [0.15, 0.2) is 4.88 Å². The third kappa shape index (κ3) is 1.08. The lowest BCUT2D eigenvalue weighted by atomic mass is 10.5. The molecule has 0 fully saturated rings. The van der Waals surface area contributed by atoms with Gasteiger partial charge in [-0.25, -0.2) is 9.97 Å². The van der Waals surface area contributed by atoms with Crippen molar-refractivity contribution < 1.29 is 9.15 Å². The molecule has 0 amide bonds. The third-order valence-corrected chi connectivity index (χ3v) is 2.15. The average molecular weight is 182 g/mol. The maximum absolute atomic E-state index is 5.10. The van der Waals surface area contributed by atoms with E-state index in [1.807, 2.05) is 0 Å². The van der Waals surface area contributed by atoms with Gasteiger partial charge in [-0.1, -0.05) is 0 Å². The van der Waals surface area contributed by atoms with E-state index in [2.05, 4.69) is 9.97 Å². The van der Waals surface area contributed by atoms with Gasteiger partial charge in [0, 0.05) is 0 Å². The number of methoxy groups -OCH3 is 1. The second-order valence-corrected chi connectivity index (χ2v) is 2.88. The number of hydrogen-bond donors (Lipinski definition) is 0. The number of rotatable bonds is 2. The molecule has 0 atom stereocenters. The zero-order valence-corrected chi connectivity index (χ0v) is 7.17. The van der Waals surface area contributed by atoms with Crippen LogP contribution >= 0.6 is 11.3 Å². The molecule has 0 radical (unpaired) electrons. The van der Waals surface area contributed by atoms with Gasteiger partial charge in [0.05, 0.1) is 18.8 Å². The fourth-order valence-corrected chi connectivity index (χ4v) is 1.55.